The van der Waals surface area contributed by atoms with E-state index < -0.39 is 0 Å². The number of carbonyl (C=O) groups is 2. The van der Waals surface area contributed by atoms with Gasteiger partial charge in [0.05, 0.1) is 6.54 Å². The van der Waals surface area contributed by atoms with Crippen LogP contribution in [0, 0.1) is 20.8 Å². The van der Waals surface area contributed by atoms with Gasteiger partial charge in [0, 0.05) is 19.5 Å². The zero-order valence-electron chi connectivity index (χ0n) is 13.9. The zero-order chi connectivity index (χ0) is 16.1. The highest BCUT2D eigenvalue weighted by molar-refractivity contribution is 5.84. The molecule has 2 rings (SSSR count). The number of benzene rings is 1. The molecule has 1 fully saturated rings. The molecule has 1 N–H and O–H groups in total. The van der Waals surface area contributed by atoms with Gasteiger partial charge in [-0.25, -0.2) is 0 Å². The van der Waals surface area contributed by atoms with Crippen molar-refractivity contribution in [2.24, 2.45) is 0 Å². The molecule has 0 radical (unpaired) electrons. The first-order valence-corrected chi connectivity index (χ1v) is 8.08. The number of nitrogens with one attached hydrogen (secondary N) is 1. The van der Waals surface area contributed by atoms with Crippen molar-refractivity contribution < 1.29 is 9.59 Å². The third-order valence-corrected chi connectivity index (χ3v) is 4.31. The van der Waals surface area contributed by atoms with E-state index in [1.807, 2.05) is 0 Å². The summed E-state index contributed by atoms with van der Waals surface area (Å²) in [5, 5.41) is 2.96. The molecule has 1 aromatic rings. The Hall–Kier alpha value is -1.84. The zero-order valence-corrected chi connectivity index (χ0v) is 13.9. The lowest BCUT2D eigenvalue weighted by Gasteiger charge is -2.20. The van der Waals surface area contributed by atoms with Gasteiger partial charge in [0.15, 0.2) is 0 Å². The summed E-state index contributed by atoms with van der Waals surface area (Å²) in [5.74, 6) is 0.0324. The van der Waals surface area contributed by atoms with Crippen molar-refractivity contribution in [2.75, 3.05) is 13.1 Å². The SMILES string of the molecule is Cc1cc(C)c(CNC(=O)CN2CCCCCC2=O)c(C)c1. The van der Waals surface area contributed by atoms with Crippen LogP contribution in [-0.2, 0) is 16.1 Å². The predicted octanol–water partition coefficient (Wildman–Crippen LogP) is 2.63. The first-order valence-electron chi connectivity index (χ1n) is 8.08. The number of hydrogen-bond donors (Lipinski definition) is 1. The second kappa shape index (κ2) is 7.43. The third-order valence-electron chi connectivity index (χ3n) is 4.31. The Morgan fingerprint density at radius 3 is 2.50 bits per heavy atom. The van der Waals surface area contributed by atoms with E-state index in [0.29, 0.717) is 19.5 Å². The maximum Gasteiger partial charge on any atom is 0.239 e. The number of nitrogens with zero attached hydrogens (tertiary/aromatic N) is 1. The molecule has 120 valence electrons. The smallest absolute Gasteiger partial charge is 0.239 e. The molecule has 0 unspecified atom stereocenters. The van der Waals surface area contributed by atoms with Crippen molar-refractivity contribution in [3.63, 3.8) is 0 Å². The summed E-state index contributed by atoms with van der Waals surface area (Å²) >= 11 is 0. The van der Waals surface area contributed by atoms with Gasteiger partial charge in [-0.15, -0.1) is 0 Å². The number of amides is 2. The van der Waals surface area contributed by atoms with Gasteiger partial charge in [-0.3, -0.25) is 9.59 Å². The summed E-state index contributed by atoms with van der Waals surface area (Å²) in [5.41, 5.74) is 4.80. The van der Waals surface area contributed by atoms with Gasteiger partial charge < -0.3 is 10.2 Å². The quantitative estimate of drug-likeness (QED) is 0.929. The number of carbonyl (C=O) groups excluding carboxylic acids is 2. The van der Waals surface area contributed by atoms with Crippen LogP contribution in [0.3, 0.4) is 0 Å². The predicted molar refractivity (Wildman–Crippen MR) is 87.5 cm³/mol. The fourth-order valence-electron chi connectivity index (χ4n) is 3.11. The Kier molecular flexibility index (Phi) is 5.58. The minimum atomic E-state index is -0.0744. The fraction of sp³-hybridized carbons (Fsp3) is 0.556. The second-order valence-electron chi connectivity index (χ2n) is 6.28. The van der Waals surface area contributed by atoms with Gasteiger partial charge in [0.2, 0.25) is 11.8 Å². The third kappa shape index (κ3) is 4.33. The number of hydrogen-bond acceptors (Lipinski definition) is 2. The molecule has 0 saturated carbocycles. The Bertz CT molecular complexity index is 543. The van der Waals surface area contributed by atoms with Crippen molar-refractivity contribution in [3.05, 3.63) is 34.4 Å². The van der Waals surface area contributed by atoms with Gasteiger partial charge in [0.1, 0.15) is 0 Å². The van der Waals surface area contributed by atoms with Crippen molar-refractivity contribution in [3.8, 4) is 0 Å². The molecule has 1 heterocycles. The lowest BCUT2D eigenvalue weighted by atomic mass is 10.00. The Labute approximate surface area is 132 Å². The molecule has 1 aromatic carbocycles. The Balaban J connectivity index is 1.91. The summed E-state index contributed by atoms with van der Waals surface area (Å²) in [6.07, 6.45) is 3.59. The van der Waals surface area contributed by atoms with E-state index >= 15 is 0 Å². The summed E-state index contributed by atoms with van der Waals surface area (Å²) in [6.45, 7) is 7.63. The molecular weight excluding hydrogens is 276 g/mol. The summed E-state index contributed by atoms with van der Waals surface area (Å²) < 4.78 is 0. The van der Waals surface area contributed by atoms with E-state index in [-0.39, 0.29) is 18.4 Å². The summed E-state index contributed by atoms with van der Waals surface area (Å²) in [4.78, 5) is 25.7. The van der Waals surface area contributed by atoms with E-state index in [4.69, 9.17) is 0 Å². The maximum atomic E-state index is 12.1. The van der Waals surface area contributed by atoms with E-state index in [2.05, 4.69) is 38.2 Å². The standard InChI is InChI=1S/C18H26N2O2/c1-13-9-14(2)16(15(3)10-13)11-19-17(21)12-20-8-6-4-5-7-18(20)22/h9-10H,4-8,11-12H2,1-3H3,(H,19,21). The van der Waals surface area contributed by atoms with E-state index in [1.165, 1.54) is 22.3 Å². The summed E-state index contributed by atoms with van der Waals surface area (Å²) in [7, 11) is 0. The topological polar surface area (TPSA) is 49.4 Å². The molecule has 2 amide bonds. The van der Waals surface area contributed by atoms with E-state index in [9.17, 15) is 9.59 Å². The van der Waals surface area contributed by atoms with Crippen LogP contribution in [0.2, 0.25) is 0 Å². The number of likely N-dealkylation sites (tertiary alicyclic amines) is 1. The van der Waals surface area contributed by atoms with Crippen molar-refractivity contribution in [1.82, 2.24) is 10.2 Å². The molecule has 1 aliphatic heterocycles. The molecule has 0 atom stereocenters. The monoisotopic (exact) mass is 302 g/mol. The molecule has 0 spiro atoms. The minimum absolute atomic E-state index is 0.0744. The van der Waals surface area contributed by atoms with Crippen LogP contribution in [0.15, 0.2) is 12.1 Å². The van der Waals surface area contributed by atoms with E-state index in [1.54, 1.807) is 4.90 Å². The van der Waals surface area contributed by atoms with Gasteiger partial charge in [0.25, 0.3) is 0 Å². The van der Waals surface area contributed by atoms with Gasteiger partial charge in [-0.05, 0) is 50.3 Å². The molecule has 0 bridgehead atoms. The molecule has 4 heteroatoms. The normalized spacial score (nSPS) is 15.6. The average Bonchev–Trinajstić information content (AvgIpc) is 2.63. The van der Waals surface area contributed by atoms with Crippen LogP contribution < -0.4 is 5.32 Å². The van der Waals surface area contributed by atoms with Crippen molar-refractivity contribution in [2.45, 2.75) is 53.0 Å². The van der Waals surface area contributed by atoms with Gasteiger partial charge in [-0.2, -0.15) is 0 Å². The van der Waals surface area contributed by atoms with Crippen LogP contribution in [0.1, 0.15) is 47.9 Å². The number of aryl methyl sites for hydroxylation is 3. The van der Waals surface area contributed by atoms with Gasteiger partial charge >= 0.3 is 0 Å². The first kappa shape index (κ1) is 16.5. The molecule has 0 aliphatic carbocycles. The van der Waals surface area contributed by atoms with Gasteiger partial charge in [-0.1, -0.05) is 24.1 Å². The van der Waals surface area contributed by atoms with Crippen LogP contribution in [-0.4, -0.2) is 29.8 Å². The maximum absolute atomic E-state index is 12.1. The lowest BCUT2D eigenvalue weighted by Crippen LogP contribution is -2.40. The Morgan fingerprint density at radius 1 is 1.14 bits per heavy atom. The number of rotatable bonds is 4. The highest BCUT2D eigenvalue weighted by atomic mass is 16.2. The molecule has 1 aliphatic rings. The van der Waals surface area contributed by atoms with Crippen LogP contribution >= 0.6 is 0 Å². The first-order chi connectivity index (χ1) is 10.5. The minimum Gasteiger partial charge on any atom is -0.350 e. The van der Waals surface area contributed by atoms with Crippen molar-refractivity contribution in [1.29, 1.82) is 0 Å². The lowest BCUT2D eigenvalue weighted by molar-refractivity contribution is -0.135. The van der Waals surface area contributed by atoms with E-state index in [0.717, 1.165) is 19.3 Å². The molecule has 0 aromatic heterocycles. The fourth-order valence-corrected chi connectivity index (χ4v) is 3.11. The van der Waals surface area contributed by atoms with Crippen LogP contribution in [0.25, 0.3) is 0 Å². The highest BCUT2D eigenvalue weighted by Gasteiger charge is 2.19. The molecule has 1 saturated heterocycles. The summed E-state index contributed by atoms with van der Waals surface area (Å²) in [6, 6.07) is 4.26. The Morgan fingerprint density at radius 2 is 1.82 bits per heavy atom. The second-order valence-corrected chi connectivity index (χ2v) is 6.28. The molecule has 4 nitrogen and oxygen atoms in total. The average molecular weight is 302 g/mol. The largest absolute Gasteiger partial charge is 0.350 e. The molecule has 22 heavy (non-hydrogen) atoms. The highest BCUT2D eigenvalue weighted by Crippen LogP contribution is 2.16. The van der Waals surface area contributed by atoms with Crippen LogP contribution in [0.4, 0.5) is 0 Å². The van der Waals surface area contributed by atoms with Crippen molar-refractivity contribution >= 4 is 11.8 Å². The van der Waals surface area contributed by atoms with Crippen LogP contribution in [0.5, 0.6) is 0 Å². The molecular formula is C18H26N2O2.